The summed E-state index contributed by atoms with van der Waals surface area (Å²) in [4.78, 5) is 0. The topological polar surface area (TPSA) is 0 Å². The average Bonchev–Trinajstić information content (AvgIpc) is 2.75. The van der Waals surface area contributed by atoms with Crippen molar-refractivity contribution in [1.82, 2.24) is 0 Å². The van der Waals surface area contributed by atoms with E-state index in [0.29, 0.717) is 16.2 Å². The van der Waals surface area contributed by atoms with E-state index < -0.39 is 0 Å². The van der Waals surface area contributed by atoms with Gasteiger partial charge in [-0.2, -0.15) is 0 Å². The number of fused-ring (bicyclic) bond motifs is 5. The molecule has 7 atom stereocenters. The Hall–Kier alpha value is 0. The maximum Gasteiger partial charge on any atom is -0.0241 e. The van der Waals surface area contributed by atoms with Crippen molar-refractivity contribution in [3.05, 3.63) is 0 Å². The van der Waals surface area contributed by atoms with Gasteiger partial charge in [0.1, 0.15) is 0 Å². The van der Waals surface area contributed by atoms with E-state index in [-0.39, 0.29) is 0 Å². The van der Waals surface area contributed by atoms with Gasteiger partial charge in [0.2, 0.25) is 0 Å². The first-order valence-electron chi connectivity index (χ1n) is 11.3. The molecule has 0 radical (unpaired) electrons. The minimum atomic E-state index is 0.558. The summed E-state index contributed by atoms with van der Waals surface area (Å²) < 4.78 is 0. The minimum Gasteiger partial charge on any atom is -0.0654 e. The van der Waals surface area contributed by atoms with Crippen LogP contribution >= 0.6 is 0 Å². The molecule has 4 rings (SSSR count). The fourth-order valence-electron chi connectivity index (χ4n) is 8.74. The number of hydrogen-bond donors (Lipinski definition) is 0. The van der Waals surface area contributed by atoms with Gasteiger partial charge in [0.05, 0.1) is 0 Å². The molecule has 0 aromatic rings. The zero-order valence-corrected chi connectivity index (χ0v) is 17.2. The second kappa shape index (κ2) is 5.75. The molecule has 0 nitrogen and oxygen atoms in total. The molecule has 0 N–H and O–H groups in total. The van der Waals surface area contributed by atoms with Crippen molar-refractivity contribution in [2.24, 2.45) is 45.8 Å². The van der Waals surface area contributed by atoms with Crippen molar-refractivity contribution in [3.8, 4) is 0 Å². The molecule has 0 saturated heterocycles. The molecule has 0 aliphatic heterocycles. The zero-order chi connectivity index (χ0) is 17.2. The summed E-state index contributed by atoms with van der Waals surface area (Å²) in [6, 6.07) is 0. The van der Waals surface area contributed by atoms with Gasteiger partial charge in [-0.05, 0) is 90.8 Å². The summed E-state index contributed by atoms with van der Waals surface area (Å²) in [5.41, 5.74) is 1.88. The molecule has 138 valence electrons. The van der Waals surface area contributed by atoms with Crippen molar-refractivity contribution in [3.63, 3.8) is 0 Å². The molecular formula is C24H42. The summed E-state index contributed by atoms with van der Waals surface area (Å²) >= 11 is 0. The Morgan fingerprint density at radius 2 is 1.62 bits per heavy atom. The Bertz CT molecular complexity index is 476. The lowest BCUT2D eigenvalue weighted by molar-refractivity contribution is -0.122. The average molecular weight is 331 g/mol. The molecular weight excluding hydrogens is 288 g/mol. The van der Waals surface area contributed by atoms with Crippen molar-refractivity contribution >= 4 is 0 Å². The SMILES string of the molecule is CCCC1C[C@H]2[C@@H]3CCC4CCCC[C@]4(C)[C@@H]3CC[C@]2(C)C1(C)C. The maximum atomic E-state index is 2.72. The maximum absolute atomic E-state index is 2.72. The molecule has 0 spiro atoms. The Balaban J connectivity index is 1.64. The van der Waals surface area contributed by atoms with Crippen LogP contribution in [0.2, 0.25) is 0 Å². The molecule has 0 bridgehead atoms. The van der Waals surface area contributed by atoms with E-state index >= 15 is 0 Å². The first kappa shape index (κ1) is 17.4. The van der Waals surface area contributed by atoms with Crippen LogP contribution in [-0.2, 0) is 0 Å². The minimum absolute atomic E-state index is 0.558. The quantitative estimate of drug-likeness (QED) is 0.492. The highest BCUT2D eigenvalue weighted by molar-refractivity contribution is 5.13. The molecule has 24 heavy (non-hydrogen) atoms. The normalized spacial score (nSPS) is 53.1. The van der Waals surface area contributed by atoms with Gasteiger partial charge in [-0.1, -0.05) is 60.3 Å². The van der Waals surface area contributed by atoms with Gasteiger partial charge in [-0.3, -0.25) is 0 Å². The highest BCUT2D eigenvalue weighted by Gasteiger charge is 2.64. The highest BCUT2D eigenvalue weighted by Crippen LogP contribution is 2.72. The fraction of sp³-hybridized carbons (Fsp3) is 1.00. The third-order valence-corrected chi connectivity index (χ3v) is 10.6. The molecule has 0 amide bonds. The molecule has 4 aliphatic rings. The first-order valence-corrected chi connectivity index (χ1v) is 11.3. The van der Waals surface area contributed by atoms with Crippen LogP contribution in [0.5, 0.6) is 0 Å². The van der Waals surface area contributed by atoms with Crippen molar-refractivity contribution in [2.75, 3.05) is 0 Å². The van der Waals surface area contributed by atoms with Crippen LogP contribution in [0.3, 0.4) is 0 Å². The zero-order valence-electron chi connectivity index (χ0n) is 17.2. The third kappa shape index (κ3) is 2.16. The van der Waals surface area contributed by atoms with Crippen LogP contribution in [0.1, 0.15) is 105 Å². The van der Waals surface area contributed by atoms with Gasteiger partial charge < -0.3 is 0 Å². The molecule has 4 saturated carbocycles. The van der Waals surface area contributed by atoms with Gasteiger partial charge in [0, 0.05) is 0 Å². The second-order valence-corrected chi connectivity index (χ2v) is 11.3. The van der Waals surface area contributed by atoms with E-state index in [9.17, 15) is 0 Å². The van der Waals surface area contributed by atoms with Crippen LogP contribution in [0.15, 0.2) is 0 Å². The predicted molar refractivity (Wildman–Crippen MR) is 104 cm³/mol. The van der Waals surface area contributed by atoms with Gasteiger partial charge in [-0.25, -0.2) is 0 Å². The Kier molecular flexibility index (Phi) is 4.17. The molecule has 0 heterocycles. The summed E-state index contributed by atoms with van der Waals surface area (Å²) in [6.07, 6.45) is 16.7. The summed E-state index contributed by atoms with van der Waals surface area (Å²) in [5.74, 6) is 5.20. The molecule has 0 heteroatoms. The van der Waals surface area contributed by atoms with Gasteiger partial charge in [-0.15, -0.1) is 0 Å². The van der Waals surface area contributed by atoms with E-state index in [4.69, 9.17) is 0 Å². The Morgan fingerprint density at radius 1 is 0.833 bits per heavy atom. The van der Waals surface area contributed by atoms with Crippen molar-refractivity contribution in [1.29, 1.82) is 0 Å². The standard InChI is InChI=1S/C24H42/c1-6-9-18-16-21-19-12-11-17-10-7-8-14-23(17,4)20(19)13-15-24(21,5)22(18,2)3/h17-21H,6-16H2,1-5H3/t17?,18?,19-,20-,21+,23+,24+/m1/s1. The van der Waals surface area contributed by atoms with E-state index in [2.05, 4.69) is 34.6 Å². The van der Waals surface area contributed by atoms with Gasteiger partial charge >= 0.3 is 0 Å². The van der Waals surface area contributed by atoms with Crippen LogP contribution in [0, 0.1) is 45.8 Å². The molecule has 0 aromatic heterocycles. The second-order valence-electron chi connectivity index (χ2n) is 11.3. The smallest absolute Gasteiger partial charge is 0.0241 e. The summed E-state index contributed by atoms with van der Waals surface area (Å²) in [5, 5.41) is 0. The van der Waals surface area contributed by atoms with E-state index in [0.717, 1.165) is 29.6 Å². The van der Waals surface area contributed by atoms with Gasteiger partial charge in [0.25, 0.3) is 0 Å². The number of hydrogen-bond acceptors (Lipinski definition) is 0. The Morgan fingerprint density at radius 3 is 2.38 bits per heavy atom. The molecule has 2 unspecified atom stereocenters. The summed E-state index contributed by atoms with van der Waals surface area (Å²) in [7, 11) is 0. The van der Waals surface area contributed by atoms with Crippen LogP contribution in [0.4, 0.5) is 0 Å². The molecule has 0 aromatic carbocycles. The summed E-state index contributed by atoms with van der Waals surface area (Å²) in [6.45, 7) is 13.1. The lowest BCUT2D eigenvalue weighted by Crippen LogP contribution is -2.53. The predicted octanol–water partition coefficient (Wildman–Crippen LogP) is 7.47. The highest BCUT2D eigenvalue weighted by atomic mass is 14.7. The van der Waals surface area contributed by atoms with E-state index in [1.54, 1.807) is 38.5 Å². The monoisotopic (exact) mass is 330 g/mol. The fourth-order valence-corrected chi connectivity index (χ4v) is 8.74. The van der Waals surface area contributed by atoms with Crippen LogP contribution < -0.4 is 0 Å². The number of rotatable bonds is 2. The lowest BCUT2D eigenvalue weighted by Gasteiger charge is -2.61. The third-order valence-electron chi connectivity index (χ3n) is 10.6. The Labute approximate surface area is 151 Å². The van der Waals surface area contributed by atoms with E-state index in [1.807, 2.05) is 0 Å². The molecule has 4 aliphatic carbocycles. The first-order chi connectivity index (χ1) is 11.3. The van der Waals surface area contributed by atoms with Crippen molar-refractivity contribution in [2.45, 2.75) is 105 Å². The molecule has 4 fully saturated rings. The largest absolute Gasteiger partial charge is 0.0654 e. The van der Waals surface area contributed by atoms with Crippen molar-refractivity contribution < 1.29 is 0 Å². The van der Waals surface area contributed by atoms with Crippen LogP contribution in [-0.4, -0.2) is 0 Å². The van der Waals surface area contributed by atoms with E-state index in [1.165, 1.54) is 32.1 Å². The van der Waals surface area contributed by atoms with Gasteiger partial charge in [0.15, 0.2) is 0 Å². The lowest BCUT2D eigenvalue weighted by atomic mass is 9.44. The van der Waals surface area contributed by atoms with Crippen LogP contribution in [0.25, 0.3) is 0 Å².